The van der Waals surface area contributed by atoms with E-state index < -0.39 is 0 Å². The maximum Gasteiger partial charge on any atom is 0.0219 e. The highest BCUT2D eigenvalue weighted by molar-refractivity contribution is 4.86. The average Bonchev–Trinajstić information content (AvgIpc) is 3.25. The Hall–Kier alpha value is -0.120. The average molecular weight is 251 g/mol. The van der Waals surface area contributed by atoms with Crippen LogP contribution in [0.2, 0.25) is 0 Å². The van der Waals surface area contributed by atoms with Gasteiger partial charge in [-0.3, -0.25) is 4.90 Å². The van der Waals surface area contributed by atoms with Gasteiger partial charge in [-0.1, -0.05) is 6.92 Å². The second kappa shape index (κ2) is 5.89. The quantitative estimate of drug-likeness (QED) is 0.740. The van der Waals surface area contributed by atoms with E-state index in [-0.39, 0.29) is 0 Å². The Morgan fingerprint density at radius 3 is 2.33 bits per heavy atom. The number of piperazine rings is 1. The molecular formula is C15H29N3. The van der Waals surface area contributed by atoms with Gasteiger partial charge in [0.15, 0.2) is 0 Å². The largest absolute Gasteiger partial charge is 0.312 e. The van der Waals surface area contributed by atoms with Crippen molar-refractivity contribution >= 4 is 0 Å². The predicted molar refractivity (Wildman–Crippen MR) is 75.8 cm³/mol. The number of rotatable bonds is 7. The zero-order valence-corrected chi connectivity index (χ0v) is 11.9. The summed E-state index contributed by atoms with van der Waals surface area (Å²) in [5.41, 5.74) is 0. The molecule has 2 saturated carbocycles. The van der Waals surface area contributed by atoms with Gasteiger partial charge in [0.05, 0.1) is 0 Å². The molecule has 0 amide bonds. The Morgan fingerprint density at radius 1 is 1.06 bits per heavy atom. The van der Waals surface area contributed by atoms with Crippen molar-refractivity contribution in [1.29, 1.82) is 0 Å². The van der Waals surface area contributed by atoms with Crippen LogP contribution in [0, 0.1) is 5.92 Å². The van der Waals surface area contributed by atoms with Crippen molar-refractivity contribution < 1.29 is 0 Å². The summed E-state index contributed by atoms with van der Waals surface area (Å²) >= 11 is 0. The van der Waals surface area contributed by atoms with E-state index in [1.165, 1.54) is 71.4 Å². The SMILES string of the molecule is CCC(CNC1CC1)N1CCN(CC2CC2)CC1. The molecule has 0 aromatic heterocycles. The van der Waals surface area contributed by atoms with E-state index in [0.717, 1.165) is 18.0 Å². The summed E-state index contributed by atoms with van der Waals surface area (Å²) in [6.45, 7) is 10.1. The number of hydrogen-bond acceptors (Lipinski definition) is 3. The lowest BCUT2D eigenvalue weighted by molar-refractivity contribution is 0.0904. The Balaban J connectivity index is 1.38. The van der Waals surface area contributed by atoms with Crippen molar-refractivity contribution in [2.45, 2.75) is 51.1 Å². The molecule has 1 N–H and O–H groups in total. The van der Waals surface area contributed by atoms with Crippen LogP contribution in [-0.4, -0.2) is 61.2 Å². The molecule has 3 nitrogen and oxygen atoms in total. The topological polar surface area (TPSA) is 18.5 Å². The molecule has 1 heterocycles. The van der Waals surface area contributed by atoms with E-state index in [1.807, 2.05) is 0 Å². The fourth-order valence-corrected chi connectivity index (χ4v) is 3.10. The summed E-state index contributed by atoms with van der Waals surface area (Å²) < 4.78 is 0. The van der Waals surface area contributed by atoms with E-state index in [4.69, 9.17) is 0 Å². The highest BCUT2D eigenvalue weighted by Gasteiger charge is 2.29. The first-order valence-electron chi connectivity index (χ1n) is 8.05. The monoisotopic (exact) mass is 251 g/mol. The van der Waals surface area contributed by atoms with Gasteiger partial charge in [0, 0.05) is 51.4 Å². The molecule has 3 heteroatoms. The minimum atomic E-state index is 0.772. The minimum absolute atomic E-state index is 0.772. The van der Waals surface area contributed by atoms with Crippen LogP contribution < -0.4 is 5.32 Å². The third-order valence-corrected chi connectivity index (χ3v) is 4.83. The van der Waals surface area contributed by atoms with Gasteiger partial charge in [-0.05, 0) is 38.0 Å². The summed E-state index contributed by atoms with van der Waals surface area (Å²) in [7, 11) is 0. The van der Waals surface area contributed by atoms with E-state index in [0.29, 0.717) is 0 Å². The zero-order valence-electron chi connectivity index (χ0n) is 11.9. The van der Waals surface area contributed by atoms with Crippen molar-refractivity contribution in [3.63, 3.8) is 0 Å². The second-order valence-electron chi connectivity index (χ2n) is 6.52. The molecule has 1 atom stereocenters. The molecule has 1 unspecified atom stereocenters. The van der Waals surface area contributed by atoms with Gasteiger partial charge in [-0.15, -0.1) is 0 Å². The van der Waals surface area contributed by atoms with Gasteiger partial charge >= 0.3 is 0 Å². The fourth-order valence-electron chi connectivity index (χ4n) is 3.10. The summed E-state index contributed by atoms with van der Waals surface area (Å²) in [6.07, 6.45) is 7.09. The van der Waals surface area contributed by atoms with Crippen LogP contribution in [0.5, 0.6) is 0 Å². The fraction of sp³-hybridized carbons (Fsp3) is 1.00. The van der Waals surface area contributed by atoms with Crippen molar-refractivity contribution in [1.82, 2.24) is 15.1 Å². The molecule has 2 aliphatic carbocycles. The standard InChI is InChI=1S/C15H29N3/c1-2-15(11-16-14-5-6-14)18-9-7-17(8-10-18)12-13-3-4-13/h13-16H,2-12H2,1H3. The molecule has 104 valence electrons. The molecule has 3 fully saturated rings. The first kappa shape index (κ1) is 12.9. The van der Waals surface area contributed by atoms with Crippen LogP contribution in [0.25, 0.3) is 0 Å². The third kappa shape index (κ3) is 3.69. The van der Waals surface area contributed by atoms with E-state index in [2.05, 4.69) is 22.0 Å². The highest BCUT2D eigenvalue weighted by Crippen LogP contribution is 2.30. The molecule has 0 spiro atoms. The normalized spacial score (nSPS) is 28.5. The maximum atomic E-state index is 3.70. The van der Waals surface area contributed by atoms with Crippen LogP contribution in [0.1, 0.15) is 39.0 Å². The lowest BCUT2D eigenvalue weighted by Gasteiger charge is -2.39. The molecule has 0 radical (unpaired) electrons. The first-order chi connectivity index (χ1) is 8.85. The third-order valence-electron chi connectivity index (χ3n) is 4.83. The van der Waals surface area contributed by atoms with Crippen LogP contribution in [0.15, 0.2) is 0 Å². The van der Waals surface area contributed by atoms with Crippen LogP contribution in [0.4, 0.5) is 0 Å². The summed E-state index contributed by atoms with van der Waals surface area (Å²) in [5.74, 6) is 1.05. The van der Waals surface area contributed by atoms with E-state index in [9.17, 15) is 0 Å². The molecule has 18 heavy (non-hydrogen) atoms. The van der Waals surface area contributed by atoms with Gasteiger partial charge in [-0.2, -0.15) is 0 Å². The molecule has 1 saturated heterocycles. The summed E-state index contributed by atoms with van der Waals surface area (Å²) in [4.78, 5) is 5.41. The molecule has 0 bridgehead atoms. The van der Waals surface area contributed by atoms with Crippen molar-refractivity contribution in [3.8, 4) is 0 Å². The number of hydrogen-bond donors (Lipinski definition) is 1. The molecule has 0 aromatic rings. The number of nitrogens with one attached hydrogen (secondary N) is 1. The summed E-state index contributed by atoms with van der Waals surface area (Å²) in [6, 6.07) is 1.63. The van der Waals surface area contributed by atoms with Crippen molar-refractivity contribution in [2.24, 2.45) is 5.92 Å². The van der Waals surface area contributed by atoms with Crippen LogP contribution in [-0.2, 0) is 0 Å². The second-order valence-corrected chi connectivity index (χ2v) is 6.52. The van der Waals surface area contributed by atoms with E-state index >= 15 is 0 Å². The van der Waals surface area contributed by atoms with Gasteiger partial charge in [0.2, 0.25) is 0 Å². The Bertz CT molecular complexity index is 252. The predicted octanol–water partition coefficient (Wildman–Crippen LogP) is 1.54. The molecule has 3 aliphatic rings. The highest BCUT2D eigenvalue weighted by atomic mass is 15.3. The van der Waals surface area contributed by atoms with Gasteiger partial charge in [0.1, 0.15) is 0 Å². The van der Waals surface area contributed by atoms with Gasteiger partial charge in [-0.25, -0.2) is 0 Å². The Kier molecular flexibility index (Phi) is 4.22. The van der Waals surface area contributed by atoms with Crippen LogP contribution >= 0.6 is 0 Å². The maximum absolute atomic E-state index is 3.70. The van der Waals surface area contributed by atoms with E-state index in [1.54, 1.807) is 0 Å². The summed E-state index contributed by atoms with van der Waals surface area (Å²) in [5, 5.41) is 3.70. The molecule has 0 aromatic carbocycles. The molecular weight excluding hydrogens is 222 g/mol. The van der Waals surface area contributed by atoms with Crippen molar-refractivity contribution in [2.75, 3.05) is 39.3 Å². The zero-order chi connectivity index (χ0) is 12.4. The minimum Gasteiger partial charge on any atom is -0.312 e. The first-order valence-corrected chi connectivity index (χ1v) is 8.05. The van der Waals surface area contributed by atoms with Gasteiger partial charge in [0.25, 0.3) is 0 Å². The Labute approximate surface area is 112 Å². The van der Waals surface area contributed by atoms with Gasteiger partial charge < -0.3 is 10.2 Å². The molecule has 1 aliphatic heterocycles. The lowest BCUT2D eigenvalue weighted by atomic mass is 10.1. The Morgan fingerprint density at radius 2 is 1.78 bits per heavy atom. The number of nitrogens with zero attached hydrogens (tertiary/aromatic N) is 2. The lowest BCUT2D eigenvalue weighted by Crippen LogP contribution is -2.53. The van der Waals surface area contributed by atoms with Crippen molar-refractivity contribution in [3.05, 3.63) is 0 Å². The smallest absolute Gasteiger partial charge is 0.0219 e. The van der Waals surface area contributed by atoms with Crippen LogP contribution in [0.3, 0.4) is 0 Å². The molecule has 3 rings (SSSR count).